The van der Waals surface area contributed by atoms with E-state index in [1.807, 2.05) is 0 Å². The fourth-order valence-corrected chi connectivity index (χ4v) is 2.96. The lowest BCUT2D eigenvalue weighted by molar-refractivity contribution is 0.601. The molecule has 1 aromatic heterocycles. The monoisotopic (exact) mass is 327 g/mol. The Hall–Kier alpha value is -1.60. The first-order valence-corrected chi connectivity index (χ1v) is 7.24. The molecule has 0 saturated carbocycles. The standard InChI is InChI=1S/C11H10BrN3O2S/c12-10-7-14-5-4-11(10)15-18(16,17)9-3-1-2-8(13)6-9/h1-7H,13H2,(H,14,15). The maximum absolute atomic E-state index is 12.1. The van der Waals surface area contributed by atoms with E-state index in [4.69, 9.17) is 5.73 Å². The van der Waals surface area contributed by atoms with Gasteiger partial charge in [-0.25, -0.2) is 8.42 Å². The van der Waals surface area contributed by atoms with Gasteiger partial charge in [0.05, 0.1) is 15.1 Å². The number of rotatable bonds is 3. The molecule has 0 bridgehead atoms. The molecular weight excluding hydrogens is 318 g/mol. The van der Waals surface area contributed by atoms with Gasteiger partial charge in [0.2, 0.25) is 0 Å². The fraction of sp³-hybridized carbons (Fsp3) is 0. The largest absolute Gasteiger partial charge is 0.399 e. The van der Waals surface area contributed by atoms with Crippen molar-refractivity contribution in [2.75, 3.05) is 10.5 Å². The van der Waals surface area contributed by atoms with Crippen LogP contribution >= 0.6 is 15.9 Å². The topological polar surface area (TPSA) is 85.1 Å². The van der Waals surface area contributed by atoms with Crippen LogP contribution in [0, 0.1) is 0 Å². The second kappa shape index (κ2) is 4.95. The van der Waals surface area contributed by atoms with Gasteiger partial charge in [-0.1, -0.05) is 6.07 Å². The summed E-state index contributed by atoms with van der Waals surface area (Å²) in [5, 5.41) is 0. The quantitative estimate of drug-likeness (QED) is 0.846. The van der Waals surface area contributed by atoms with E-state index >= 15 is 0 Å². The van der Waals surface area contributed by atoms with Crippen LogP contribution in [-0.4, -0.2) is 13.4 Å². The Kier molecular flexibility index (Phi) is 3.53. The van der Waals surface area contributed by atoms with Crippen LogP contribution in [0.1, 0.15) is 0 Å². The number of pyridine rings is 1. The van der Waals surface area contributed by atoms with Gasteiger partial charge in [-0.3, -0.25) is 9.71 Å². The maximum atomic E-state index is 12.1. The van der Waals surface area contributed by atoms with E-state index in [2.05, 4.69) is 25.6 Å². The summed E-state index contributed by atoms with van der Waals surface area (Å²) in [5.74, 6) is 0. The van der Waals surface area contributed by atoms with E-state index < -0.39 is 10.0 Å². The summed E-state index contributed by atoms with van der Waals surface area (Å²) in [6, 6.07) is 7.66. The van der Waals surface area contributed by atoms with Crippen LogP contribution < -0.4 is 10.5 Å². The summed E-state index contributed by atoms with van der Waals surface area (Å²) in [4.78, 5) is 3.98. The van der Waals surface area contributed by atoms with E-state index in [-0.39, 0.29) is 4.90 Å². The molecule has 0 unspecified atom stereocenters. The van der Waals surface area contributed by atoms with Crippen LogP contribution in [0.5, 0.6) is 0 Å². The van der Waals surface area contributed by atoms with Crippen molar-refractivity contribution in [3.63, 3.8) is 0 Å². The Morgan fingerprint density at radius 1 is 1.28 bits per heavy atom. The number of halogens is 1. The minimum Gasteiger partial charge on any atom is -0.399 e. The number of hydrogen-bond donors (Lipinski definition) is 2. The van der Waals surface area contributed by atoms with Gasteiger partial charge in [0, 0.05) is 18.1 Å². The van der Waals surface area contributed by atoms with E-state index in [0.29, 0.717) is 15.8 Å². The third-order valence-electron chi connectivity index (χ3n) is 2.19. The van der Waals surface area contributed by atoms with Gasteiger partial charge >= 0.3 is 0 Å². The minimum absolute atomic E-state index is 0.117. The molecule has 3 N–H and O–H groups in total. The summed E-state index contributed by atoms with van der Waals surface area (Å²) in [6.07, 6.45) is 3.01. The summed E-state index contributed by atoms with van der Waals surface area (Å²) < 4.78 is 27.2. The van der Waals surface area contributed by atoms with Crippen molar-refractivity contribution in [2.45, 2.75) is 4.90 Å². The molecule has 0 aliphatic rings. The normalized spacial score (nSPS) is 11.2. The first kappa shape index (κ1) is 12.8. The number of benzene rings is 1. The molecule has 0 atom stereocenters. The Morgan fingerprint density at radius 3 is 2.72 bits per heavy atom. The number of hydrogen-bond acceptors (Lipinski definition) is 4. The number of nitrogens with zero attached hydrogens (tertiary/aromatic N) is 1. The Morgan fingerprint density at radius 2 is 2.06 bits per heavy atom. The maximum Gasteiger partial charge on any atom is 0.262 e. The lowest BCUT2D eigenvalue weighted by Gasteiger charge is -2.09. The average Bonchev–Trinajstić information content (AvgIpc) is 2.32. The predicted molar refractivity (Wildman–Crippen MR) is 73.6 cm³/mol. The second-order valence-corrected chi connectivity index (χ2v) is 6.07. The zero-order chi connectivity index (χ0) is 13.2. The van der Waals surface area contributed by atoms with Crippen molar-refractivity contribution in [3.05, 3.63) is 47.2 Å². The van der Waals surface area contributed by atoms with Crippen molar-refractivity contribution in [1.29, 1.82) is 0 Å². The van der Waals surface area contributed by atoms with Gasteiger partial charge in [-0.2, -0.15) is 0 Å². The van der Waals surface area contributed by atoms with Gasteiger partial charge in [0.15, 0.2) is 0 Å². The van der Waals surface area contributed by atoms with Crippen LogP contribution in [0.15, 0.2) is 52.1 Å². The Bertz CT molecular complexity index is 673. The van der Waals surface area contributed by atoms with Crippen molar-refractivity contribution in [2.24, 2.45) is 0 Å². The van der Waals surface area contributed by atoms with Crippen LogP contribution in [0.2, 0.25) is 0 Å². The average molecular weight is 328 g/mol. The van der Waals surface area contributed by atoms with E-state index in [9.17, 15) is 8.42 Å². The molecule has 0 aliphatic carbocycles. The van der Waals surface area contributed by atoms with Crippen molar-refractivity contribution in [1.82, 2.24) is 4.98 Å². The van der Waals surface area contributed by atoms with Crippen molar-refractivity contribution in [3.8, 4) is 0 Å². The Balaban J connectivity index is 2.37. The molecule has 1 heterocycles. The molecule has 0 aliphatic heterocycles. The van der Waals surface area contributed by atoms with Gasteiger partial charge < -0.3 is 5.73 Å². The first-order valence-electron chi connectivity index (χ1n) is 4.97. The van der Waals surface area contributed by atoms with E-state index in [1.54, 1.807) is 18.2 Å². The van der Waals surface area contributed by atoms with Crippen LogP contribution in [0.4, 0.5) is 11.4 Å². The number of aromatic nitrogens is 1. The first-order chi connectivity index (χ1) is 8.49. The number of nitrogen functional groups attached to an aromatic ring is 1. The lowest BCUT2D eigenvalue weighted by atomic mass is 10.3. The van der Waals surface area contributed by atoms with Crippen LogP contribution in [0.3, 0.4) is 0 Å². The van der Waals surface area contributed by atoms with Gasteiger partial charge in [-0.15, -0.1) is 0 Å². The van der Waals surface area contributed by atoms with Crippen LogP contribution in [-0.2, 0) is 10.0 Å². The number of anilines is 2. The van der Waals surface area contributed by atoms with Gasteiger partial charge in [0.1, 0.15) is 0 Å². The highest BCUT2D eigenvalue weighted by molar-refractivity contribution is 9.10. The molecule has 5 nitrogen and oxygen atoms in total. The molecule has 94 valence electrons. The molecule has 0 saturated heterocycles. The zero-order valence-electron chi connectivity index (χ0n) is 9.17. The third-order valence-corrected chi connectivity index (χ3v) is 4.18. The fourth-order valence-electron chi connectivity index (χ4n) is 1.34. The predicted octanol–water partition coefficient (Wildman–Crippen LogP) is 2.23. The summed E-state index contributed by atoms with van der Waals surface area (Å²) in [6.45, 7) is 0. The SMILES string of the molecule is Nc1cccc(S(=O)(=O)Nc2ccncc2Br)c1. The molecule has 18 heavy (non-hydrogen) atoms. The number of sulfonamides is 1. The highest BCUT2D eigenvalue weighted by Gasteiger charge is 2.15. The zero-order valence-corrected chi connectivity index (χ0v) is 11.6. The highest BCUT2D eigenvalue weighted by Crippen LogP contribution is 2.24. The minimum atomic E-state index is -3.65. The molecule has 0 radical (unpaired) electrons. The van der Waals surface area contributed by atoms with Gasteiger partial charge in [0.25, 0.3) is 10.0 Å². The molecule has 0 amide bonds. The van der Waals surface area contributed by atoms with E-state index in [1.165, 1.54) is 24.5 Å². The number of nitrogens with two attached hydrogens (primary N) is 1. The number of nitrogens with one attached hydrogen (secondary N) is 1. The molecular formula is C11H10BrN3O2S. The van der Waals surface area contributed by atoms with Crippen LogP contribution in [0.25, 0.3) is 0 Å². The highest BCUT2D eigenvalue weighted by atomic mass is 79.9. The second-order valence-electron chi connectivity index (χ2n) is 3.53. The lowest BCUT2D eigenvalue weighted by Crippen LogP contribution is -2.13. The molecule has 2 aromatic rings. The molecule has 2 rings (SSSR count). The summed E-state index contributed by atoms with van der Waals surface area (Å²) in [5.41, 5.74) is 6.39. The summed E-state index contributed by atoms with van der Waals surface area (Å²) in [7, 11) is -3.65. The van der Waals surface area contributed by atoms with Gasteiger partial charge in [-0.05, 0) is 40.2 Å². The smallest absolute Gasteiger partial charge is 0.262 e. The molecule has 0 spiro atoms. The molecule has 0 fully saturated rings. The summed E-state index contributed by atoms with van der Waals surface area (Å²) >= 11 is 3.22. The molecule has 1 aromatic carbocycles. The third kappa shape index (κ3) is 2.80. The van der Waals surface area contributed by atoms with E-state index in [0.717, 1.165) is 0 Å². The Labute approximate surface area is 113 Å². The van der Waals surface area contributed by atoms with Crippen molar-refractivity contribution < 1.29 is 8.42 Å². The molecule has 7 heteroatoms. The van der Waals surface area contributed by atoms with Crippen molar-refractivity contribution >= 4 is 37.3 Å².